The Kier molecular flexibility index (Phi) is 6.63. The molecule has 11 heteroatoms. The molecule has 0 saturated carbocycles. The van der Waals surface area contributed by atoms with Crippen molar-refractivity contribution in [2.45, 2.75) is 6.42 Å². The van der Waals surface area contributed by atoms with Gasteiger partial charge in [0.2, 0.25) is 0 Å². The van der Waals surface area contributed by atoms with Crippen LogP contribution in [0.3, 0.4) is 0 Å². The zero-order chi connectivity index (χ0) is 20.3. The second kappa shape index (κ2) is 8.97. The van der Waals surface area contributed by atoms with E-state index in [4.69, 9.17) is 27.9 Å². The van der Waals surface area contributed by atoms with Crippen molar-refractivity contribution in [1.29, 1.82) is 0 Å². The van der Waals surface area contributed by atoms with E-state index < -0.39 is 17.2 Å². The molecule has 146 valence electrons. The lowest BCUT2D eigenvalue weighted by atomic mass is 10.1. The molecule has 0 aliphatic carbocycles. The summed E-state index contributed by atoms with van der Waals surface area (Å²) in [7, 11) is 1.19. The molecule has 0 spiro atoms. The highest BCUT2D eigenvalue weighted by atomic mass is 35.5. The Balaban J connectivity index is 2.12. The highest BCUT2D eigenvalue weighted by molar-refractivity contribution is 7.81. The van der Waals surface area contributed by atoms with Gasteiger partial charge in [-0.15, -0.1) is 0 Å². The van der Waals surface area contributed by atoms with Crippen LogP contribution >= 0.6 is 34.9 Å². The third-order valence-corrected chi connectivity index (χ3v) is 5.72. The summed E-state index contributed by atoms with van der Waals surface area (Å²) in [4.78, 5) is 12.2. The number of halogens is 2. The lowest BCUT2D eigenvalue weighted by Gasteiger charge is -2.21. The molecule has 0 fully saturated rings. The van der Waals surface area contributed by atoms with Gasteiger partial charge in [-0.1, -0.05) is 53.5 Å². The Morgan fingerprint density at radius 3 is 2.54 bits per heavy atom. The second-order valence-electron chi connectivity index (χ2n) is 5.50. The standard InChI is InChI=1S/C17H13Cl2N3O4S2/c1-26-17(23)11-8-12(18)13(19)9-15(11)22(28(24)25)16-14(20-27-21-16)7-10-5-3-2-4-6-10/h2-6,8-9H,7H2,1H3,(H,24,25). The molecule has 1 heterocycles. The first-order chi connectivity index (χ1) is 13.4. The Bertz CT molecular complexity index is 1030. The van der Waals surface area contributed by atoms with Gasteiger partial charge in [0.1, 0.15) is 5.69 Å². The summed E-state index contributed by atoms with van der Waals surface area (Å²) in [5.74, 6) is -0.602. The molecule has 7 nitrogen and oxygen atoms in total. The van der Waals surface area contributed by atoms with E-state index in [1.807, 2.05) is 30.3 Å². The number of methoxy groups -OCH3 is 1. The molecule has 0 aliphatic rings. The fraction of sp³-hybridized carbons (Fsp3) is 0.118. The number of carbonyl (C=O) groups is 1. The Labute approximate surface area is 177 Å². The normalized spacial score (nSPS) is 11.9. The number of aromatic nitrogens is 2. The summed E-state index contributed by atoms with van der Waals surface area (Å²) in [6.07, 6.45) is 0.384. The molecule has 1 unspecified atom stereocenters. The van der Waals surface area contributed by atoms with Crippen LogP contribution in [0.2, 0.25) is 10.0 Å². The molecule has 0 bridgehead atoms. The fourth-order valence-corrected chi connectivity index (χ4v) is 4.04. The molecular weight excluding hydrogens is 445 g/mol. The maximum absolute atomic E-state index is 12.2. The summed E-state index contributed by atoms with van der Waals surface area (Å²) in [5, 5.41) is 0.211. The number of hydrogen-bond donors (Lipinski definition) is 1. The molecular formula is C17H13Cl2N3O4S2. The molecule has 3 aromatic rings. The van der Waals surface area contributed by atoms with E-state index in [1.165, 1.54) is 19.2 Å². The molecule has 1 atom stereocenters. The van der Waals surface area contributed by atoms with Crippen molar-refractivity contribution in [1.82, 2.24) is 8.75 Å². The summed E-state index contributed by atoms with van der Waals surface area (Å²) in [5.41, 5.74) is 1.42. The predicted octanol–water partition coefficient (Wildman–Crippen LogP) is 4.50. The lowest BCUT2D eigenvalue weighted by molar-refractivity contribution is 0.0602. The van der Waals surface area contributed by atoms with Gasteiger partial charge in [0, 0.05) is 6.42 Å². The smallest absolute Gasteiger partial charge is 0.340 e. The predicted molar refractivity (Wildman–Crippen MR) is 110 cm³/mol. The topological polar surface area (TPSA) is 92.6 Å². The first kappa shape index (κ1) is 20.7. The maximum Gasteiger partial charge on any atom is 0.340 e. The molecule has 1 N–H and O–H groups in total. The van der Waals surface area contributed by atoms with E-state index in [9.17, 15) is 13.6 Å². The average molecular weight is 458 g/mol. The van der Waals surface area contributed by atoms with Crippen molar-refractivity contribution in [2.24, 2.45) is 0 Å². The molecule has 0 radical (unpaired) electrons. The average Bonchev–Trinajstić information content (AvgIpc) is 3.12. The van der Waals surface area contributed by atoms with Gasteiger partial charge in [0.25, 0.3) is 11.3 Å². The summed E-state index contributed by atoms with van der Waals surface area (Å²) >= 11 is 10.4. The van der Waals surface area contributed by atoms with Gasteiger partial charge in [-0.25, -0.2) is 13.3 Å². The number of hydrogen-bond acceptors (Lipinski definition) is 6. The van der Waals surface area contributed by atoms with Gasteiger partial charge >= 0.3 is 5.97 Å². The molecule has 0 amide bonds. The van der Waals surface area contributed by atoms with Crippen molar-refractivity contribution in [3.63, 3.8) is 0 Å². The van der Waals surface area contributed by atoms with Crippen LogP contribution in [0.15, 0.2) is 42.5 Å². The van der Waals surface area contributed by atoms with Gasteiger partial charge in [-0.2, -0.15) is 8.75 Å². The Morgan fingerprint density at radius 1 is 1.21 bits per heavy atom. The third-order valence-electron chi connectivity index (χ3n) is 3.76. The van der Waals surface area contributed by atoms with Gasteiger partial charge in [0.05, 0.1) is 40.1 Å². The quantitative estimate of drug-likeness (QED) is 0.432. The maximum atomic E-state index is 12.2. The van der Waals surface area contributed by atoms with Gasteiger partial charge in [-0.3, -0.25) is 4.55 Å². The zero-order valence-electron chi connectivity index (χ0n) is 14.3. The van der Waals surface area contributed by atoms with E-state index >= 15 is 0 Å². The van der Waals surface area contributed by atoms with Crippen molar-refractivity contribution in [2.75, 3.05) is 11.4 Å². The van der Waals surface area contributed by atoms with Crippen LogP contribution in [0.1, 0.15) is 21.6 Å². The van der Waals surface area contributed by atoms with E-state index in [2.05, 4.69) is 8.75 Å². The summed E-state index contributed by atoms with van der Waals surface area (Å²) in [6.45, 7) is 0. The summed E-state index contributed by atoms with van der Waals surface area (Å²) in [6, 6.07) is 12.1. The SMILES string of the molecule is COC(=O)c1cc(Cl)c(Cl)cc1N(c1nsnc1Cc1ccccc1)S(=O)O. The molecule has 28 heavy (non-hydrogen) atoms. The highest BCUT2D eigenvalue weighted by Gasteiger charge is 2.28. The number of ether oxygens (including phenoxy) is 1. The first-order valence-corrected chi connectivity index (χ1v) is 10.3. The lowest BCUT2D eigenvalue weighted by Crippen LogP contribution is -2.23. The van der Waals surface area contributed by atoms with Crippen LogP contribution in [0, 0.1) is 0 Å². The van der Waals surface area contributed by atoms with Crippen LogP contribution in [0.4, 0.5) is 11.5 Å². The molecule has 0 saturated heterocycles. The van der Waals surface area contributed by atoms with Crippen LogP contribution in [0.5, 0.6) is 0 Å². The minimum atomic E-state index is -2.57. The Hall–Kier alpha value is -2.04. The molecule has 0 aliphatic heterocycles. The van der Waals surface area contributed by atoms with Crippen molar-refractivity contribution < 1.29 is 18.3 Å². The monoisotopic (exact) mass is 457 g/mol. The van der Waals surface area contributed by atoms with Crippen LogP contribution in [0.25, 0.3) is 0 Å². The van der Waals surface area contributed by atoms with Gasteiger partial charge in [0.15, 0.2) is 5.82 Å². The van der Waals surface area contributed by atoms with E-state index in [-0.39, 0.29) is 27.1 Å². The highest BCUT2D eigenvalue weighted by Crippen LogP contribution is 2.37. The zero-order valence-corrected chi connectivity index (χ0v) is 17.5. The number of anilines is 2. The van der Waals surface area contributed by atoms with Crippen molar-refractivity contribution >= 4 is 63.7 Å². The van der Waals surface area contributed by atoms with Crippen molar-refractivity contribution in [3.05, 3.63) is 69.3 Å². The second-order valence-corrected chi connectivity index (χ2v) is 7.67. The largest absolute Gasteiger partial charge is 0.465 e. The number of rotatable bonds is 6. The number of nitrogens with zero attached hydrogens (tertiary/aromatic N) is 3. The van der Waals surface area contributed by atoms with E-state index in [1.54, 1.807) is 0 Å². The van der Waals surface area contributed by atoms with Crippen molar-refractivity contribution in [3.8, 4) is 0 Å². The van der Waals surface area contributed by atoms with E-state index in [0.29, 0.717) is 12.1 Å². The minimum Gasteiger partial charge on any atom is -0.465 e. The van der Waals surface area contributed by atoms with Crippen LogP contribution in [-0.2, 0) is 22.4 Å². The number of benzene rings is 2. The third kappa shape index (κ3) is 4.34. The summed E-state index contributed by atoms with van der Waals surface area (Å²) < 4.78 is 36.3. The van der Waals surface area contributed by atoms with Gasteiger partial charge < -0.3 is 4.74 Å². The molecule has 3 rings (SSSR count). The first-order valence-electron chi connectivity index (χ1n) is 7.76. The van der Waals surface area contributed by atoms with Gasteiger partial charge in [-0.05, 0) is 17.7 Å². The molecule has 2 aromatic carbocycles. The Morgan fingerprint density at radius 2 is 1.89 bits per heavy atom. The van der Waals surface area contributed by atoms with E-state index in [0.717, 1.165) is 21.6 Å². The number of carbonyl (C=O) groups excluding carboxylic acids is 1. The minimum absolute atomic E-state index is 0.0297. The fourth-order valence-electron chi connectivity index (χ4n) is 2.51. The van der Waals surface area contributed by atoms with Crippen LogP contribution < -0.4 is 4.31 Å². The number of esters is 1. The van der Waals surface area contributed by atoms with Crippen LogP contribution in [-0.4, -0.2) is 30.6 Å². The molecule has 1 aromatic heterocycles.